The van der Waals surface area contributed by atoms with Crippen LogP contribution in [0.1, 0.15) is 37.6 Å². The maximum absolute atomic E-state index is 10.6. The lowest BCUT2D eigenvalue weighted by Crippen LogP contribution is -1.99. The molecular formula is C14H17NO3. The third-order valence-electron chi connectivity index (χ3n) is 2.85. The van der Waals surface area contributed by atoms with Gasteiger partial charge in [0.25, 0.3) is 0 Å². The van der Waals surface area contributed by atoms with Gasteiger partial charge in [-0.1, -0.05) is 25.8 Å². The highest BCUT2D eigenvalue weighted by Gasteiger charge is 2.07. The predicted molar refractivity (Wildman–Crippen MR) is 68.6 cm³/mol. The maximum Gasteiger partial charge on any atom is 0.307 e. The first-order chi connectivity index (χ1) is 8.69. The van der Waals surface area contributed by atoms with Crippen LogP contribution in [-0.4, -0.2) is 16.1 Å². The van der Waals surface area contributed by atoms with Crippen LogP contribution in [0.5, 0.6) is 0 Å². The fourth-order valence-corrected chi connectivity index (χ4v) is 1.93. The zero-order valence-corrected chi connectivity index (χ0v) is 10.5. The van der Waals surface area contributed by atoms with Gasteiger partial charge in [0.15, 0.2) is 11.5 Å². The molecule has 0 radical (unpaired) electrons. The summed E-state index contributed by atoms with van der Waals surface area (Å²) >= 11 is 0. The summed E-state index contributed by atoms with van der Waals surface area (Å²) in [6.07, 6.45) is 4.27. The summed E-state index contributed by atoms with van der Waals surface area (Å²) in [5, 5.41) is 8.74. The van der Waals surface area contributed by atoms with Crippen LogP contribution in [0.4, 0.5) is 0 Å². The minimum atomic E-state index is -0.836. The molecule has 0 aliphatic carbocycles. The number of aliphatic carboxylic acids is 1. The van der Waals surface area contributed by atoms with Crippen LogP contribution in [0.3, 0.4) is 0 Å². The van der Waals surface area contributed by atoms with Gasteiger partial charge in [-0.25, -0.2) is 4.98 Å². The molecule has 0 amide bonds. The summed E-state index contributed by atoms with van der Waals surface area (Å²) < 4.78 is 5.63. The van der Waals surface area contributed by atoms with Crippen molar-refractivity contribution >= 4 is 17.1 Å². The molecule has 1 heterocycles. The Kier molecular flexibility index (Phi) is 3.97. The van der Waals surface area contributed by atoms with E-state index in [1.54, 1.807) is 12.1 Å². The number of carboxylic acids is 1. The van der Waals surface area contributed by atoms with E-state index in [1.807, 2.05) is 6.07 Å². The van der Waals surface area contributed by atoms with Crippen LogP contribution in [0.2, 0.25) is 0 Å². The molecule has 0 aliphatic heterocycles. The second-order valence-electron chi connectivity index (χ2n) is 4.44. The van der Waals surface area contributed by atoms with Crippen LogP contribution in [0.15, 0.2) is 22.6 Å². The fraction of sp³-hybridized carbons (Fsp3) is 0.429. The van der Waals surface area contributed by atoms with Crippen molar-refractivity contribution in [1.29, 1.82) is 0 Å². The van der Waals surface area contributed by atoms with Gasteiger partial charge in [0.2, 0.25) is 0 Å². The van der Waals surface area contributed by atoms with Crippen molar-refractivity contribution in [3.8, 4) is 0 Å². The van der Waals surface area contributed by atoms with E-state index >= 15 is 0 Å². The van der Waals surface area contributed by atoms with Gasteiger partial charge in [0, 0.05) is 6.42 Å². The van der Waals surface area contributed by atoms with Crippen molar-refractivity contribution in [1.82, 2.24) is 4.98 Å². The Labute approximate surface area is 106 Å². The van der Waals surface area contributed by atoms with Crippen LogP contribution in [0.25, 0.3) is 11.1 Å². The molecule has 0 aliphatic rings. The third-order valence-corrected chi connectivity index (χ3v) is 2.85. The lowest BCUT2D eigenvalue weighted by molar-refractivity contribution is -0.136. The largest absolute Gasteiger partial charge is 0.481 e. The minimum Gasteiger partial charge on any atom is -0.481 e. The Morgan fingerprint density at radius 2 is 2.22 bits per heavy atom. The van der Waals surface area contributed by atoms with Crippen molar-refractivity contribution in [2.24, 2.45) is 0 Å². The Balaban J connectivity index is 2.14. The van der Waals surface area contributed by atoms with E-state index < -0.39 is 5.97 Å². The van der Waals surface area contributed by atoms with Crippen LogP contribution < -0.4 is 0 Å². The molecule has 0 unspecified atom stereocenters. The van der Waals surface area contributed by atoms with Crippen molar-refractivity contribution < 1.29 is 14.3 Å². The third kappa shape index (κ3) is 3.09. The molecule has 0 fully saturated rings. The zero-order chi connectivity index (χ0) is 13.0. The molecule has 0 spiro atoms. The Morgan fingerprint density at radius 3 is 2.94 bits per heavy atom. The second-order valence-corrected chi connectivity index (χ2v) is 4.44. The fourth-order valence-electron chi connectivity index (χ4n) is 1.93. The summed E-state index contributed by atoms with van der Waals surface area (Å²) in [5.41, 5.74) is 2.22. The summed E-state index contributed by atoms with van der Waals surface area (Å²) in [4.78, 5) is 15.0. The minimum absolute atomic E-state index is 0.0157. The van der Waals surface area contributed by atoms with Gasteiger partial charge in [-0.05, 0) is 24.1 Å². The van der Waals surface area contributed by atoms with Crippen molar-refractivity contribution in [2.45, 2.75) is 39.0 Å². The molecule has 18 heavy (non-hydrogen) atoms. The van der Waals surface area contributed by atoms with Crippen LogP contribution in [-0.2, 0) is 17.6 Å². The van der Waals surface area contributed by atoms with E-state index in [4.69, 9.17) is 9.52 Å². The number of fused-ring (bicyclic) bond motifs is 1. The molecule has 1 N–H and O–H groups in total. The average molecular weight is 247 g/mol. The molecule has 0 saturated heterocycles. The molecule has 96 valence electrons. The van der Waals surface area contributed by atoms with E-state index in [0.717, 1.165) is 29.8 Å². The smallest absolute Gasteiger partial charge is 0.307 e. The summed E-state index contributed by atoms with van der Waals surface area (Å²) in [7, 11) is 0. The van der Waals surface area contributed by atoms with E-state index in [0.29, 0.717) is 5.58 Å². The summed E-state index contributed by atoms with van der Waals surface area (Å²) in [6.45, 7) is 2.16. The normalized spacial score (nSPS) is 10.9. The van der Waals surface area contributed by atoms with Crippen molar-refractivity contribution in [2.75, 3.05) is 0 Å². The molecule has 4 nitrogen and oxygen atoms in total. The number of carboxylic acid groups (broad SMARTS) is 1. The van der Waals surface area contributed by atoms with Crippen molar-refractivity contribution in [3.63, 3.8) is 0 Å². The van der Waals surface area contributed by atoms with Gasteiger partial charge in [0.1, 0.15) is 5.52 Å². The number of aromatic nitrogens is 1. The molecule has 2 rings (SSSR count). The second kappa shape index (κ2) is 5.67. The number of unbranched alkanes of at least 4 members (excludes halogenated alkanes) is 2. The van der Waals surface area contributed by atoms with E-state index in [9.17, 15) is 4.79 Å². The quantitative estimate of drug-likeness (QED) is 0.796. The number of rotatable bonds is 6. The first-order valence-electron chi connectivity index (χ1n) is 6.29. The summed E-state index contributed by atoms with van der Waals surface area (Å²) in [5.74, 6) is -0.0945. The Morgan fingerprint density at radius 1 is 1.39 bits per heavy atom. The van der Waals surface area contributed by atoms with Gasteiger partial charge in [-0.15, -0.1) is 0 Å². The van der Waals surface area contributed by atoms with E-state index in [1.165, 1.54) is 12.8 Å². The standard InChI is InChI=1S/C14H17NO3/c1-2-3-4-5-13-15-11-7-6-10(9-14(16)17)8-12(11)18-13/h6-8H,2-5,9H2,1H3,(H,16,17). The zero-order valence-electron chi connectivity index (χ0n) is 10.5. The monoisotopic (exact) mass is 247 g/mol. The van der Waals surface area contributed by atoms with E-state index in [2.05, 4.69) is 11.9 Å². The predicted octanol–water partition coefficient (Wildman–Crippen LogP) is 3.19. The molecule has 2 aromatic rings. The molecular weight excluding hydrogens is 230 g/mol. The number of hydrogen-bond acceptors (Lipinski definition) is 3. The highest BCUT2D eigenvalue weighted by atomic mass is 16.4. The Bertz CT molecular complexity index is 545. The number of aryl methyl sites for hydroxylation is 1. The van der Waals surface area contributed by atoms with Crippen molar-refractivity contribution in [3.05, 3.63) is 29.7 Å². The molecule has 0 saturated carbocycles. The maximum atomic E-state index is 10.6. The molecule has 0 atom stereocenters. The first-order valence-corrected chi connectivity index (χ1v) is 6.29. The molecule has 0 bridgehead atoms. The molecule has 1 aromatic heterocycles. The number of nitrogens with zero attached hydrogens (tertiary/aromatic N) is 1. The van der Waals surface area contributed by atoms with Crippen LogP contribution >= 0.6 is 0 Å². The molecule has 4 heteroatoms. The van der Waals surface area contributed by atoms with Gasteiger partial charge in [0.05, 0.1) is 6.42 Å². The van der Waals surface area contributed by atoms with Gasteiger partial charge in [-0.3, -0.25) is 4.79 Å². The lowest BCUT2D eigenvalue weighted by Gasteiger charge is -1.95. The summed E-state index contributed by atoms with van der Waals surface area (Å²) in [6, 6.07) is 5.37. The van der Waals surface area contributed by atoms with Gasteiger partial charge >= 0.3 is 5.97 Å². The highest BCUT2D eigenvalue weighted by Crippen LogP contribution is 2.19. The molecule has 1 aromatic carbocycles. The van der Waals surface area contributed by atoms with E-state index in [-0.39, 0.29) is 6.42 Å². The number of oxazole rings is 1. The average Bonchev–Trinajstić information content (AvgIpc) is 2.70. The lowest BCUT2D eigenvalue weighted by atomic mass is 10.1. The topological polar surface area (TPSA) is 63.3 Å². The first kappa shape index (κ1) is 12.6. The number of benzene rings is 1. The Hall–Kier alpha value is -1.84. The van der Waals surface area contributed by atoms with Gasteiger partial charge < -0.3 is 9.52 Å². The van der Waals surface area contributed by atoms with Crippen LogP contribution in [0, 0.1) is 0 Å². The van der Waals surface area contributed by atoms with Gasteiger partial charge in [-0.2, -0.15) is 0 Å². The number of carbonyl (C=O) groups is 1. The number of hydrogen-bond donors (Lipinski definition) is 1. The highest BCUT2D eigenvalue weighted by molar-refractivity contribution is 5.76. The SMILES string of the molecule is CCCCCc1nc2ccc(CC(=O)O)cc2o1.